The van der Waals surface area contributed by atoms with Crippen LogP contribution in [0, 0.1) is 17.6 Å². The lowest BCUT2D eigenvalue weighted by atomic mass is 9.84. The smallest absolute Gasteiger partial charge is 0.249 e. The van der Waals surface area contributed by atoms with Crippen molar-refractivity contribution in [3.63, 3.8) is 0 Å². The molecule has 310 valence electrons. The zero-order chi connectivity index (χ0) is 40.2. The van der Waals surface area contributed by atoms with E-state index < -0.39 is 29.3 Å². The van der Waals surface area contributed by atoms with Crippen LogP contribution in [0.4, 0.5) is 36.2 Å². The first-order chi connectivity index (χ1) is 28.1. The van der Waals surface area contributed by atoms with E-state index >= 15 is 8.78 Å². The van der Waals surface area contributed by atoms with Crippen LogP contribution in [0.3, 0.4) is 0 Å². The maximum absolute atomic E-state index is 16.2. The predicted octanol–water partition coefficient (Wildman–Crippen LogP) is 5.75. The Kier molecular flexibility index (Phi) is 12.0. The molecular weight excluding hydrogens is 748 g/mol. The van der Waals surface area contributed by atoms with Crippen molar-refractivity contribution in [1.29, 1.82) is 0 Å². The summed E-state index contributed by atoms with van der Waals surface area (Å²) in [5.74, 6) is -1.21. The van der Waals surface area contributed by atoms with Gasteiger partial charge in [0.25, 0.3) is 0 Å². The van der Waals surface area contributed by atoms with Gasteiger partial charge in [-0.05, 0) is 81.7 Å². The Morgan fingerprint density at radius 1 is 0.828 bits per heavy atom. The number of aromatic nitrogens is 2. The van der Waals surface area contributed by atoms with Gasteiger partial charge in [0.15, 0.2) is 5.82 Å². The van der Waals surface area contributed by atoms with Crippen LogP contribution >= 0.6 is 0 Å². The third kappa shape index (κ3) is 9.35. The number of alkyl halides is 1. The first-order valence-electron chi connectivity index (χ1n) is 21.1. The summed E-state index contributed by atoms with van der Waals surface area (Å²) in [6.07, 6.45) is 8.90. The van der Waals surface area contributed by atoms with Crippen molar-refractivity contribution < 1.29 is 27.6 Å². The maximum atomic E-state index is 16.2. The number of hydrogen-bond donors (Lipinski definition) is 3. The fourth-order valence-corrected chi connectivity index (χ4v) is 9.29. The van der Waals surface area contributed by atoms with Crippen LogP contribution in [0.15, 0.2) is 48.7 Å². The first kappa shape index (κ1) is 39.9. The summed E-state index contributed by atoms with van der Waals surface area (Å²) in [4.78, 5) is 54.2. The number of piperidine rings is 3. The molecule has 1 unspecified atom stereocenters. The normalized spacial score (nSPS) is 24.3. The molecule has 1 aliphatic carbocycles. The molecule has 5 fully saturated rings. The van der Waals surface area contributed by atoms with Gasteiger partial charge in [0.05, 0.1) is 11.9 Å². The molecule has 0 bridgehead atoms. The van der Waals surface area contributed by atoms with Crippen molar-refractivity contribution in [2.75, 3.05) is 79.3 Å². The molecule has 5 heterocycles. The van der Waals surface area contributed by atoms with Crippen molar-refractivity contribution >= 4 is 40.7 Å². The Morgan fingerprint density at radius 3 is 2.31 bits per heavy atom. The molecule has 3 amide bonds. The van der Waals surface area contributed by atoms with E-state index in [1.165, 1.54) is 18.7 Å². The number of anilines is 4. The average Bonchev–Trinajstić information content (AvgIpc) is 3.24. The number of hydrogen-bond acceptors (Lipinski definition) is 10. The number of halogens is 3. The molecule has 4 aliphatic heterocycles. The van der Waals surface area contributed by atoms with Gasteiger partial charge in [-0.15, -0.1) is 0 Å². The lowest BCUT2D eigenvalue weighted by Crippen LogP contribution is -2.54. The van der Waals surface area contributed by atoms with Crippen LogP contribution in [-0.4, -0.2) is 114 Å². The molecular formula is C43H54F3N9O3. The second-order valence-corrected chi connectivity index (χ2v) is 16.7. The van der Waals surface area contributed by atoms with Gasteiger partial charge in [-0.25, -0.2) is 23.1 Å². The van der Waals surface area contributed by atoms with Crippen LogP contribution in [0.25, 0.3) is 11.3 Å². The molecule has 58 heavy (non-hydrogen) atoms. The zero-order valence-corrected chi connectivity index (χ0v) is 33.0. The topological polar surface area (TPSA) is 126 Å². The van der Waals surface area contributed by atoms with Crippen LogP contribution in [-0.2, 0) is 14.4 Å². The SMILES string of the molecule is O=C1CCC(Nc2ccc(N3CCN(CC4(F)CCN(C(=O)C5CCC(Nc6ncc(F)c(-c7cccc(N8CCCCC8)c7)n6)CC5)CC4)CC3)c(F)c2)C(=O)N1. The number of piperazine rings is 1. The summed E-state index contributed by atoms with van der Waals surface area (Å²) >= 11 is 0. The van der Waals surface area contributed by atoms with Gasteiger partial charge in [0, 0.05) is 107 Å². The highest BCUT2D eigenvalue weighted by atomic mass is 19.1. The van der Waals surface area contributed by atoms with Crippen molar-refractivity contribution in [2.45, 2.75) is 88.4 Å². The summed E-state index contributed by atoms with van der Waals surface area (Å²) < 4.78 is 46.4. The first-order valence-corrected chi connectivity index (χ1v) is 21.1. The van der Waals surface area contributed by atoms with Gasteiger partial charge < -0.3 is 25.3 Å². The summed E-state index contributed by atoms with van der Waals surface area (Å²) in [6, 6.07) is 12.2. The molecule has 12 nitrogen and oxygen atoms in total. The standard InChI is InChI=1S/C43H54F3N9O3/c44-34-26-32(48-36-12-14-38(56)50-40(36)57)11-13-37(34)54-23-21-52(22-24-54)28-43(46)15-19-55(20-16-43)41(58)29-7-9-31(10-8-29)49-42-47-27-35(45)39(51-42)30-5-4-6-33(25-30)53-17-2-1-3-18-53/h4-6,11,13,25-27,29,31,36,48H,1-3,7-10,12,14-24,28H2,(H,47,49,51)(H,50,56,57). The van der Waals surface area contributed by atoms with Gasteiger partial charge in [-0.3, -0.25) is 24.6 Å². The van der Waals surface area contributed by atoms with Crippen LogP contribution in [0.1, 0.15) is 70.6 Å². The van der Waals surface area contributed by atoms with Crippen molar-refractivity contribution in [1.82, 2.24) is 25.1 Å². The third-order valence-corrected chi connectivity index (χ3v) is 12.7. The Morgan fingerprint density at radius 2 is 1.59 bits per heavy atom. The molecule has 4 saturated heterocycles. The Hall–Kier alpha value is -4.92. The van der Waals surface area contributed by atoms with E-state index in [2.05, 4.69) is 41.8 Å². The number of nitrogens with zero attached hydrogens (tertiary/aromatic N) is 6. The van der Waals surface area contributed by atoms with Crippen LogP contribution in [0.2, 0.25) is 0 Å². The quantitative estimate of drug-likeness (QED) is 0.218. The monoisotopic (exact) mass is 801 g/mol. The highest BCUT2D eigenvalue weighted by molar-refractivity contribution is 6.01. The van der Waals surface area contributed by atoms with Gasteiger partial charge in [-0.1, -0.05) is 12.1 Å². The summed E-state index contributed by atoms with van der Waals surface area (Å²) in [7, 11) is 0. The average molecular weight is 802 g/mol. The van der Waals surface area contributed by atoms with E-state index in [9.17, 15) is 18.8 Å². The largest absolute Gasteiger partial charge is 0.374 e. The number of rotatable bonds is 10. The van der Waals surface area contributed by atoms with Gasteiger partial charge >= 0.3 is 0 Å². The van der Waals surface area contributed by atoms with Crippen molar-refractivity contribution in [3.8, 4) is 11.3 Å². The van der Waals surface area contributed by atoms with E-state index in [4.69, 9.17) is 0 Å². The zero-order valence-electron chi connectivity index (χ0n) is 33.0. The van der Waals surface area contributed by atoms with E-state index in [0.29, 0.717) is 75.9 Å². The number of imide groups is 1. The molecule has 8 rings (SSSR count). The number of nitrogens with one attached hydrogen (secondary N) is 3. The Labute approximate surface area is 337 Å². The summed E-state index contributed by atoms with van der Waals surface area (Å²) in [5.41, 5.74) is 1.62. The maximum Gasteiger partial charge on any atom is 0.249 e. The number of amides is 3. The number of carbonyl (C=O) groups excluding carboxylic acids is 3. The second kappa shape index (κ2) is 17.5. The van der Waals surface area contributed by atoms with Gasteiger partial charge in [0.1, 0.15) is 23.2 Å². The van der Waals surface area contributed by atoms with E-state index in [1.807, 2.05) is 28.0 Å². The lowest BCUT2D eigenvalue weighted by Gasteiger charge is -2.43. The molecule has 0 spiro atoms. The Bertz CT molecular complexity index is 1960. The minimum atomic E-state index is -1.39. The number of benzene rings is 2. The molecule has 0 radical (unpaired) electrons. The highest BCUT2D eigenvalue weighted by Gasteiger charge is 2.40. The molecule has 5 aliphatic rings. The number of carbonyl (C=O) groups is 3. The fraction of sp³-hybridized carbons (Fsp3) is 0.558. The Balaban J connectivity index is 0.766. The molecule has 1 aromatic heterocycles. The molecule has 3 aromatic rings. The van der Waals surface area contributed by atoms with Crippen LogP contribution < -0.4 is 25.8 Å². The van der Waals surface area contributed by atoms with Gasteiger partial charge in [0.2, 0.25) is 23.7 Å². The van der Waals surface area contributed by atoms with E-state index in [1.54, 1.807) is 12.1 Å². The van der Waals surface area contributed by atoms with Crippen molar-refractivity contribution in [2.24, 2.45) is 5.92 Å². The third-order valence-electron chi connectivity index (χ3n) is 12.7. The van der Waals surface area contributed by atoms with Crippen LogP contribution in [0.5, 0.6) is 0 Å². The fourth-order valence-electron chi connectivity index (χ4n) is 9.29. The highest BCUT2D eigenvalue weighted by Crippen LogP contribution is 2.34. The molecule has 3 N–H and O–H groups in total. The van der Waals surface area contributed by atoms with E-state index in [-0.39, 0.29) is 55.3 Å². The predicted molar refractivity (Wildman–Crippen MR) is 217 cm³/mol. The summed E-state index contributed by atoms with van der Waals surface area (Å²) in [6.45, 7) is 5.37. The molecule has 2 aromatic carbocycles. The minimum Gasteiger partial charge on any atom is -0.374 e. The minimum absolute atomic E-state index is 0.0696. The number of likely N-dealkylation sites (tertiary alicyclic amines) is 1. The molecule has 1 saturated carbocycles. The van der Waals surface area contributed by atoms with E-state index in [0.717, 1.165) is 50.0 Å². The molecule has 15 heteroatoms. The molecule has 1 atom stereocenters. The lowest BCUT2D eigenvalue weighted by molar-refractivity contribution is -0.139. The van der Waals surface area contributed by atoms with Crippen molar-refractivity contribution in [3.05, 3.63) is 60.3 Å². The van der Waals surface area contributed by atoms with Gasteiger partial charge in [-0.2, -0.15) is 0 Å². The second-order valence-electron chi connectivity index (χ2n) is 16.7. The summed E-state index contributed by atoms with van der Waals surface area (Å²) in [5, 5.41) is 8.71.